The molecule has 114 valence electrons. The van der Waals surface area contributed by atoms with Crippen molar-refractivity contribution < 1.29 is 14.1 Å². The molecule has 0 bridgehead atoms. The number of carbonyl (C=O) groups excluding carboxylic acids is 1. The second-order valence-electron chi connectivity index (χ2n) is 4.28. The minimum atomic E-state index is -0.729. The van der Waals surface area contributed by atoms with E-state index in [0.29, 0.717) is 0 Å². The molecule has 0 saturated carbocycles. The van der Waals surface area contributed by atoms with Gasteiger partial charge in [0.15, 0.2) is 0 Å². The summed E-state index contributed by atoms with van der Waals surface area (Å²) in [6, 6.07) is 5.70. The number of benzene rings is 1. The standard InChI is InChI=1S/C13H9ClFN3O4/c14-8-1-3-11(10(15)5-8)16-12(19)7-17-6-9(18(21)22)2-4-13(17)20/h1-6H,7H2,(H,16,19). The highest BCUT2D eigenvalue weighted by Crippen LogP contribution is 2.18. The van der Waals surface area contributed by atoms with Gasteiger partial charge in [-0.3, -0.25) is 24.3 Å². The van der Waals surface area contributed by atoms with Crippen LogP contribution in [0.2, 0.25) is 5.02 Å². The molecule has 2 aromatic rings. The molecule has 0 spiro atoms. The number of pyridine rings is 1. The van der Waals surface area contributed by atoms with E-state index in [1.54, 1.807) is 0 Å². The Kier molecular flexibility index (Phi) is 4.52. The van der Waals surface area contributed by atoms with Gasteiger partial charge in [-0.15, -0.1) is 0 Å². The lowest BCUT2D eigenvalue weighted by Crippen LogP contribution is -2.27. The molecule has 0 radical (unpaired) electrons. The Bertz CT molecular complexity index is 806. The summed E-state index contributed by atoms with van der Waals surface area (Å²) in [6.07, 6.45) is 0.945. The highest BCUT2D eigenvalue weighted by atomic mass is 35.5. The molecule has 0 aliphatic rings. The van der Waals surface area contributed by atoms with Crippen molar-refractivity contribution in [2.45, 2.75) is 6.54 Å². The largest absolute Gasteiger partial charge is 0.322 e. The Morgan fingerprint density at radius 2 is 2.09 bits per heavy atom. The summed E-state index contributed by atoms with van der Waals surface area (Å²) >= 11 is 5.59. The number of hydrogen-bond acceptors (Lipinski definition) is 4. The van der Waals surface area contributed by atoms with Gasteiger partial charge < -0.3 is 5.32 Å². The van der Waals surface area contributed by atoms with Crippen LogP contribution in [0.4, 0.5) is 15.8 Å². The second-order valence-corrected chi connectivity index (χ2v) is 4.72. The highest BCUT2D eigenvalue weighted by Gasteiger charge is 2.12. The van der Waals surface area contributed by atoms with Crippen LogP contribution in [0.5, 0.6) is 0 Å². The topological polar surface area (TPSA) is 94.2 Å². The Morgan fingerprint density at radius 3 is 2.73 bits per heavy atom. The molecule has 0 aliphatic heterocycles. The first-order chi connectivity index (χ1) is 10.4. The summed E-state index contributed by atoms with van der Waals surface area (Å²) in [6.45, 7) is -0.484. The van der Waals surface area contributed by atoms with E-state index in [0.717, 1.165) is 29.0 Å². The summed E-state index contributed by atoms with van der Waals surface area (Å²) in [4.78, 5) is 33.3. The number of halogens is 2. The van der Waals surface area contributed by atoms with Crippen LogP contribution in [0.25, 0.3) is 0 Å². The molecule has 1 N–H and O–H groups in total. The van der Waals surface area contributed by atoms with Gasteiger partial charge in [0.25, 0.3) is 11.2 Å². The number of nitro groups is 1. The van der Waals surface area contributed by atoms with E-state index < -0.39 is 28.8 Å². The lowest BCUT2D eigenvalue weighted by atomic mass is 10.3. The van der Waals surface area contributed by atoms with Crippen LogP contribution >= 0.6 is 11.6 Å². The van der Waals surface area contributed by atoms with Gasteiger partial charge >= 0.3 is 0 Å². The first kappa shape index (κ1) is 15.6. The molecular weight excluding hydrogens is 317 g/mol. The predicted molar refractivity (Wildman–Crippen MR) is 77.4 cm³/mol. The monoisotopic (exact) mass is 325 g/mol. The summed E-state index contributed by atoms with van der Waals surface area (Å²) in [5, 5.41) is 13.1. The van der Waals surface area contributed by atoms with E-state index in [4.69, 9.17) is 11.6 Å². The van der Waals surface area contributed by atoms with Crippen molar-refractivity contribution in [2.24, 2.45) is 0 Å². The first-order valence-electron chi connectivity index (χ1n) is 5.96. The minimum absolute atomic E-state index is 0.104. The van der Waals surface area contributed by atoms with Crippen molar-refractivity contribution in [2.75, 3.05) is 5.32 Å². The lowest BCUT2D eigenvalue weighted by molar-refractivity contribution is -0.385. The van der Waals surface area contributed by atoms with Crippen LogP contribution in [-0.2, 0) is 11.3 Å². The zero-order valence-electron chi connectivity index (χ0n) is 11.0. The van der Waals surface area contributed by atoms with E-state index >= 15 is 0 Å². The van der Waals surface area contributed by atoms with E-state index in [1.807, 2.05) is 0 Å². The highest BCUT2D eigenvalue weighted by molar-refractivity contribution is 6.30. The van der Waals surface area contributed by atoms with Crippen LogP contribution in [0, 0.1) is 15.9 Å². The van der Waals surface area contributed by atoms with Gasteiger partial charge in [-0.05, 0) is 18.2 Å². The Morgan fingerprint density at radius 1 is 1.36 bits per heavy atom. The van der Waals surface area contributed by atoms with Gasteiger partial charge in [0, 0.05) is 17.2 Å². The zero-order chi connectivity index (χ0) is 16.3. The molecule has 1 heterocycles. The molecule has 22 heavy (non-hydrogen) atoms. The quantitative estimate of drug-likeness (QED) is 0.688. The van der Waals surface area contributed by atoms with E-state index in [-0.39, 0.29) is 16.4 Å². The van der Waals surface area contributed by atoms with Gasteiger partial charge in [-0.25, -0.2) is 4.39 Å². The predicted octanol–water partition coefficient (Wildman–Crippen LogP) is 2.19. The molecule has 0 saturated heterocycles. The van der Waals surface area contributed by atoms with E-state index in [9.17, 15) is 24.1 Å². The summed E-state index contributed by atoms with van der Waals surface area (Å²) < 4.78 is 14.4. The number of aromatic nitrogens is 1. The summed E-state index contributed by atoms with van der Waals surface area (Å²) in [5.74, 6) is -1.43. The van der Waals surface area contributed by atoms with E-state index in [1.165, 1.54) is 12.1 Å². The van der Waals surface area contributed by atoms with E-state index in [2.05, 4.69) is 5.32 Å². The first-order valence-corrected chi connectivity index (χ1v) is 6.34. The minimum Gasteiger partial charge on any atom is -0.322 e. The Hall–Kier alpha value is -2.74. The third kappa shape index (κ3) is 3.67. The molecule has 1 aromatic carbocycles. The number of nitrogens with zero attached hydrogens (tertiary/aromatic N) is 2. The number of carbonyl (C=O) groups is 1. The zero-order valence-corrected chi connectivity index (χ0v) is 11.7. The molecule has 1 aromatic heterocycles. The number of amides is 1. The molecule has 1 amide bonds. The summed E-state index contributed by atoms with van der Waals surface area (Å²) in [5.41, 5.74) is -1.02. The van der Waals surface area contributed by atoms with Crippen molar-refractivity contribution in [3.05, 3.63) is 67.8 Å². The molecule has 0 atom stereocenters. The van der Waals surface area contributed by atoms with Crippen molar-refractivity contribution in [1.29, 1.82) is 0 Å². The van der Waals surface area contributed by atoms with Gasteiger partial charge in [0.1, 0.15) is 12.4 Å². The van der Waals surface area contributed by atoms with Gasteiger partial charge in [-0.2, -0.15) is 0 Å². The Balaban J connectivity index is 2.17. The maximum atomic E-state index is 13.5. The fourth-order valence-corrected chi connectivity index (χ4v) is 1.84. The normalized spacial score (nSPS) is 10.3. The number of anilines is 1. The number of rotatable bonds is 4. The fourth-order valence-electron chi connectivity index (χ4n) is 1.69. The van der Waals surface area contributed by atoms with Gasteiger partial charge in [0.2, 0.25) is 5.91 Å². The third-order valence-electron chi connectivity index (χ3n) is 2.70. The maximum Gasteiger partial charge on any atom is 0.285 e. The van der Waals surface area contributed by atoms with Crippen LogP contribution in [0.1, 0.15) is 0 Å². The van der Waals surface area contributed by atoms with Gasteiger partial charge in [0.05, 0.1) is 16.8 Å². The Labute approximate surface area is 128 Å². The van der Waals surface area contributed by atoms with Crippen molar-refractivity contribution >= 4 is 28.9 Å². The van der Waals surface area contributed by atoms with Gasteiger partial charge in [-0.1, -0.05) is 11.6 Å². The molecule has 0 fully saturated rings. The fraction of sp³-hybridized carbons (Fsp3) is 0.0769. The smallest absolute Gasteiger partial charge is 0.285 e. The average Bonchev–Trinajstić information content (AvgIpc) is 2.44. The summed E-state index contributed by atoms with van der Waals surface area (Å²) in [7, 11) is 0. The van der Waals surface area contributed by atoms with Crippen LogP contribution in [0.3, 0.4) is 0 Å². The lowest BCUT2D eigenvalue weighted by Gasteiger charge is -2.08. The van der Waals surface area contributed by atoms with Crippen LogP contribution < -0.4 is 10.9 Å². The number of nitrogens with one attached hydrogen (secondary N) is 1. The third-order valence-corrected chi connectivity index (χ3v) is 2.93. The van der Waals surface area contributed by atoms with Crippen molar-refractivity contribution in [3.8, 4) is 0 Å². The van der Waals surface area contributed by atoms with Crippen molar-refractivity contribution in [3.63, 3.8) is 0 Å². The van der Waals surface area contributed by atoms with Crippen molar-refractivity contribution in [1.82, 2.24) is 4.57 Å². The van der Waals surface area contributed by atoms with Crippen LogP contribution in [-0.4, -0.2) is 15.4 Å². The SMILES string of the molecule is O=C(Cn1cc([N+](=O)[O-])ccc1=O)Nc1ccc(Cl)cc1F. The molecule has 2 rings (SSSR count). The maximum absolute atomic E-state index is 13.5. The second kappa shape index (κ2) is 6.35. The molecule has 0 unspecified atom stereocenters. The molecule has 0 aliphatic carbocycles. The average molecular weight is 326 g/mol. The molecular formula is C13H9ClFN3O4. The number of hydrogen-bond donors (Lipinski definition) is 1. The molecule has 9 heteroatoms. The van der Waals surface area contributed by atoms with Crippen LogP contribution in [0.15, 0.2) is 41.3 Å². The molecule has 7 nitrogen and oxygen atoms in total.